The van der Waals surface area contributed by atoms with Crippen LogP contribution in [-0.2, 0) is 6.54 Å². The first-order chi connectivity index (χ1) is 7.24. The summed E-state index contributed by atoms with van der Waals surface area (Å²) in [6.45, 7) is 4.50. The summed E-state index contributed by atoms with van der Waals surface area (Å²) in [5.74, 6) is 3.55. The summed E-state index contributed by atoms with van der Waals surface area (Å²) in [6.07, 6.45) is 6.86. The van der Waals surface area contributed by atoms with Gasteiger partial charge in [-0.2, -0.15) is 0 Å². The van der Waals surface area contributed by atoms with Crippen molar-refractivity contribution >= 4 is 0 Å². The van der Waals surface area contributed by atoms with Crippen LogP contribution in [-0.4, -0.2) is 31.1 Å². The van der Waals surface area contributed by atoms with Crippen molar-refractivity contribution in [2.75, 3.05) is 20.1 Å². The standard InChI is InChI=1S/C12H18N2O/c1-4-7-13-9-11(2)14(3)10-12-6-5-8-15-12/h1,5-6,8,11,13H,7,9-10H2,2-3H3. The molecule has 1 aromatic rings. The maximum atomic E-state index is 5.29. The second kappa shape index (κ2) is 6.28. The molecule has 0 saturated carbocycles. The molecule has 15 heavy (non-hydrogen) atoms. The van der Waals surface area contributed by atoms with Gasteiger partial charge in [0.2, 0.25) is 0 Å². The molecular weight excluding hydrogens is 188 g/mol. The Kier molecular flexibility index (Phi) is 4.96. The molecule has 1 rings (SSSR count). The van der Waals surface area contributed by atoms with Gasteiger partial charge in [0.1, 0.15) is 5.76 Å². The Morgan fingerprint density at radius 3 is 3.07 bits per heavy atom. The van der Waals surface area contributed by atoms with E-state index in [4.69, 9.17) is 10.8 Å². The number of nitrogens with zero attached hydrogens (tertiary/aromatic N) is 1. The maximum absolute atomic E-state index is 5.29. The van der Waals surface area contributed by atoms with E-state index >= 15 is 0 Å². The molecule has 82 valence electrons. The lowest BCUT2D eigenvalue weighted by Gasteiger charge is -2.23. The number of hydrogen-bond donors (Lipinski definition) is 1. The third kappa shape index (κ3) is 4.20. The maximum Gasteiger partial charge on any atom is 0.117 e. The van der Waals surface area contributed by atoms with Crippen LogP contribution >= 0.6 is 0 Å². The fourth-order valence-electron chi connectivity index (χ4n) is 1.31. The number of rotatable bonds is 6. The summed E-state index contributed by atoms with van der Waals surface area (Å²) in [4.78, 5) is 2.22. The van der Waals surface area contributed by atoms with Crippen LogP contribution in [0.4, 0.5) is 0 Å². The van der Waals surface area contributed by atoms with Gasteiger partial charge < -0.3 is 9.73 Å². The van der Waals surface area contributed by atoms with Gasteiger partial charge in [-0.1, -0.05) is 5.92 Å². The molecule has 0 aliphatic carbocycles. The summed E-state index contributed by atoms with van der Waals surface area (Å²) >= 11 is 0. The molecule has 3 nitrogen and oxygen atoms in total. The van der Waals surface area contributed by atoms with Crippen LogP contribution in [0.1, 0.15) is 12.7 Å². The quantitative estimate of drug-likeness (QED) is 0.562. The van der Waals surface area contributed by atoms with Gasteiger partial charge in [-0.25, -0.2) is 0 Å². The van der Waals surface area contributed by atoms with E-state index in [9.17, 15) is 0 Å². The van der Waals surface area contributed by atoms with Gasteiger partial charge in [0.05, 0.1) is 19.4 Å². The van der Waals surface area contributed by atoms with Crippen molar-refractivity contribution < 1.29 is 4.42 Å². The first-order valence-corrected chi connectivity index (χ1v) is 5.11. The first kappa shape index (κ1) is 11.8. The highest BCUT2D eigenvalue weighted by atomic mass is 16.3. The molecule has 1 unspecified atom stereocenters. The minimum Gasteiger partial charge on any atom is -0.468 e. The van der Waals surface area contributed by atoms with Crippen molar-refractivity contribution in [3.05, 3.63) is 24.2 Å². The normalized spacial score (nSPS) is 12.7. The van der Waals surface area contributed by atoms with E-state index in [0.29, 0.717) is 12.6 Å². The highest BCUT2D eigenvalue weighted by molar-refractivity contribution is 4.98. The van der Waals surface area contributed by atoms with Crippen LogP contribution in [0.2, 0.25) is 0 Å². The van der Waals surface area contributed by atoms with E-state index in [2.05, 4.69) is 30.1 Å². The average molecular weight is 206 g/mol. The van der Waals surface area contributed by atoms with Gasteiger partial charge in [-0.15, -0.1) is 6.42 Å². The van der Waals surface area contributed by atoms with Gasteiger partial charge in [0.25, 0.3) is 0 Å². The van der Waals surface area contributed by atoms with Gasteiger partial charge in [-0.3, -0.25) is 4.90 Å². The van der Waals surface area contributed by atoms with Crippen molar-refractivity contribution in [3.63, 3.8) is 0 Å². The van der Waals surface area contributed by atoms with Crippen molar-refractivity contribution in [1.29, 1.82) is 0 Å². The lowest BCUT2D eigenvalue weighted by Crippen LogP contribution is -2.37. The Bertz CT molecular complexity index is 300. The van der Waals surface area contributed by atoms with E-state index in [-0.39, 0.29) is 0 Å². The lowest BCUT2D eigenvalue weighted by atomic mass is 10.3. The monoisotopic (exact) mass is 206 g/mol. The fourth-order valence-corrected chi connectivity index (χ4v) is 1.31. The molecule has 0 aliphatic heterocycles. The van der Waals surface area contributed by atoms with Gasteiger partial charge in [0.15, 0.2) is 0 Å². The average Bonchev–Trinajstić information content (AvgIpc) is 2.70. The number of hydrogen-bond acceptors (Lipinski definition) is 3. The second-order valence-electron chi connectivity index (χ2n) is 3.68. The third-order valence-corrected chi connectivity index (χ3v) is 2.40. The Hall–Kier alpha value is -1.24. The molecule has 1 heterocycles. The number of furan rings is 1. The second-order valence-corrected chi connectivity index (χ2v) is 3.68. The summed E-state index contributed by atoms with van der Waals surface area (Å²) in [5.41, 5.74) is 0. The summed E-state index contributed by atoms with van der Waals surface area (Å²) in [6, 6.07) is 4.33. The predicted molar refractivity (Wildman–Crippen MR) is 61.3 cm³/mol. The van der Waals surface area contributed by atoms with Gasteiger partial charge >= 0.3 is 0 Å². The zero-order valence-corrected chi connectivity index (χ0v) is 9.36. The number of nitrogens with one attached hydrogen (secondary N) is 1. The van der Waals surface area contributed by atoms with Crippen molar-refractivity contribution in [3.8, 4) is 12.3 Å². The van der Waals surface area contributed by atoms with E-state index in [1.165, 1.54) is 0 Å². The van der Waals surface area contributed by atoms with Crippen LogP contribution in [0.25, 0.3) is 0 Å². The van der Waals surface area contributed by atoms with Crippen molar-refractivity contribution in [2.45, 2.75) is 19.5 Å². The van der Waals surface area contributed by atoms with Crippen LogP contribution in [0.5, 0.6) is 0 Å². The summed E-state index contributed by atoms with van der Waals surface area (Å²) in [5, 5.41) is 3.19. The molecule has 0 amide bonds. The Morgan fingerprint density at radius 2 is 2.47 bits per heavy atom. The number of likely N-dealkylation sites (N-methyl/N-ethyl adjacent to an activating group) is 1. The summed E-state index contributed by atoms with van der Waals surface area (Å²) in [7, 11) is 2.07. The molecule has 0 spiro atoms. The Balaban J connectivity index is 2.27. The van der Waals surface area contributed by atoms with Crippen LogP contribution in [0.15, 0.2) is 22.8 Å². The van der Waals surface area contributed by atoms with Crippen LogP contribution < -0.4 is 5.32 Å². The largest absolute Gasteiger partial charge is 0.468 e. The fraction of sp³-hybridized carbons (Fsp3) is 0.500. The zero-order valence-electron chi connectivity index (χ0n) is 9.36. The molecule has 0 aliphatic rings. The Labute approximate surface area is 91.5 Å². The highest BCUT2D eigenvalue weighted by Crippen LogP contribution is 2.06. The van der Waals surface area contributed by atoms with E-state index < -0.39 is 0 Å². The molecule has 1 N–H and O–H groups in total. The molecule has 1 aromatic heterocycles. The molecule has 0 aromatic carbocycles. The van der Waals surface area contributed by atoms with Crippen LogP contribution in [0, 0.1) is 12.3 Å². The smallest absolute Gasteiger partial charge is 0.117 e. The predicted octanol–water partition coefficient (Wildman–Crippen LogP) is 1.32. The summed E-state index contributed by atoms with van der Waals surface area (Å²) < 4.78 is 5.29. The highest BCUT2D eigenvalue weighted by Gasteiger charge is 2.09. The Morgan fingerprint density at radius 1 is 1.67 bits per heavy atom. The zero-order chi connectivity index (χ0) is 11.1. The molecule has 3 heteroatoms. The molecule has 0 saturated heterocycles. The minimum atomic E-state index is 0.434. The molecule has 0 radical (unpaired) electrons. The molecule has 0 fully saturated rings. The van der Waals surface area contributed by atoms with E-state index in [1.807, 2.05) is 12.1 Å². The van der Waals surface area contributed by atoms with Gasteiger partial charge in [-0.05, 0) is 26.1 Å². The van der Waals surface area contributed by atoms with E-state index in [1.54, 1.807) is 6.26 Å². The first-order valence-electron chi connectivity index (χ1n) is 5.11. The van der Waals surface area contributed by atoms with Gasteiger partial charge in [0, 0.05) is 12.6 Å². The SMILES string of the molecule is C#CCNCC(C)N(C)Cc1ccco1. The van der Waals surface area contributed by atoms with Crippen molar-refractivity contribution in [1.82, 2.24) is 10.2 Å². The van der Waals surface area contributed by atoms with Crippen LogP contribution in [0.3, 0.4) is 0 Å². The topological polar surface area (TPSA) is 28.4 Å². The molecule has 1 atom stereocenters. The number of terminal acetylenes is 1. The molecular formula is C12H18N2O. The molecule has 0 bridgehead atoms. The minimum absolute atomic E-state index is 0.434. The third-order valence-electron chi connectivity index (χ3n) is 2.40. The van der Waals surface area contributed by atoms with E-state index in [0.717, 1.165) is 18.8 Å². The lowest BCUT2D eigenvalue weighted by molar-refractivity contribution is 0.226. The van der Waals surface area contributed by atoms with Crippen molar-refractivity contribution in [2.24, 2.45) is 0 Å².